The average Bonchev–Trinajstić information content (AvgIpc) is 3.09. The topological polar surface area (TPSA) is 59.8 Å². The summed E-state index contributed by atoms with van der Waals surface area (Å²) in [6, 6.07) is 14.0. The lowest BCUT2D eigenvalue weighted by Crippen LogP contribution is -2.16. The molecular formula is C21H14Cl3F3N4O. The summed E-state index contributed by atoms with van der Waals surface area (Å²) in [6.07, 6.45) is -3.21. The minimum Gasteiger partial charge on any atom is -0.320 e. The largest absolute Gasteiger partial charge is 0.449 e. The lowest BCUT2D eigenvalue weighted by Gasteiger charge is -2.11. The van der Waals surface area contributed by atoms with Crippen molar-refractivity contribution in [3.8, 4) is 0 Å². The Morgan fingerprint density at radius 3 is 2.31 bits per heavy atom. The van der Waals surface area contributed by atoms with E-state index in [4.69, 9.17) is 23.2 Å². The number of rotatable bonds is 4. The summed E-state index contributed by atoms with van der Waals surface area (Å²) in [5, 5.41) is 2.81. The van der Waals surface area contributed by atoms with E-state index in [1.165, 1.54) is 36.5 Å². The van der Waals surface area contributed by atoms with Gasteiger partial charge in [0, 0.05) is 6.20 Å². The van der Waals surface area contributed by atoms with Gasteiger partial charge in [0.2, 0.25) is 5.82 Å². The second kappa shape index (κ2) is 9.36. The van der Waals surface area contributed by atoms with Crippen molar-refractivity contribution in [2.75, 3.05) is 5.32 Å². The zero-order valence-corrected chi connectivity index (χ0v) is 18.4. The first-order valence-electron chi connectivity index (χ1n) is 8.97. The van der Waals surface area contributed by atoms with E-state index in [-0.39, 0.29) is 51.3 Å². The molecule has 166 valence electrons. The van der Waals surface area contributed by atoms with Gasteiger partial charge in [0.05, 0.1) is 39.1 Å². The predicted molar refractivity (Wildman–Crippen MR) is 120 cm³/mol. The number of amides is 1. The van der Waals surface area contributed by atoms with Crippen LogP contribution in [0.25, 0.3) is 11.0 Å². The highest BCUT2D eigenvalue weighted by molar-refractivity contribution is 6.40. The normalized spacial score (nSPS) is 11.3. The molecule has 32 heavy (non-hydrogen) atoms. The third-order valence-corrected chi connectivity index (χ3v) is 5.15. The van der Waals surface area contributed by atoms with Crippen molar-refractivity contribution in [2.24, 2.45) is 0 Å². The summed E-state index contributed by atoms with van der Waals surface area (Å²) in [6.45, 7) is -0.139. The van der Waals surface area contributed by atoms with Gasteiger partial charge in [0.1, 0.15) is 5.52 Å². The number of halogens is 6. The van der Waals surface area contributed by atoms with Crippen LogP contribution in [0.4, 0.5) is 18.9 Å². The minimum atomic E-state index is -4.71. The Balaban J connectivity index is 0.00000289. The van der Waals surface area contributed by atoms with E-state index >= 15 is 0 Å². The summed E-state index contributed by atoms with van der Waals surface area (Å²) in [5.74, 6) is -1.75. The molecule has 4 rings (SSSR count). The van der Waals surface area contributed by atoms with Gasteiger partial charge in [-0.2, -0.15) is 13.2 Å². The number of anilines is 1. The molecule has 0 spiro atoms. The Bertz CT molecular complexity index is 1260. The SMILES string of the molecule is Cl.O=C(Nc1cccc2c1nc(C(F)(F)F)n2Cc1ccccn1)c1c(Cl)cccc1Cl. The highest BCUT2D eigenvalue weighted by Gasteiger charge is 2.38. The van der Waals surface area contributed by atoms with Crippen molar-refractivity contribution in [3.05, 3.63) is 87.9 Å². The van der Waals surface area contributed by atoms with Gasteiger partial charge in [0.15, 0.2) is 0 Å². The molecule has 0 saturated carbocycles. The first kappa shape index (κ1) is 23.8. The molecule has 0 fully saturated rings. The molecule has 1 N–H and O–H groups in total. The number of nitrogens with zero attached hydrogens (tertiary/aromatic N) is 3. The second-order valence-corrected chi connectivity index (χ2v) is 7.38. The van der Waals surface area contributed by atoms with E-state index in [9.17, 15) is 18.0 Å². The lowest BCUT2D eigenvalue weighted by atomic mass is 10.2. The van der Waals surface area contributed by atoms with Crippen molar-refractivity contribution >= 4 is 58.2 Å². The maximum absolute atomic E-state index is 13.7. The van der Waals surface area contributed by atoms with Crippen LogP contribution in [0.5, 0.6) is 0 Å². The van der Waals surface area contributed by atoms with Gasteiger partial charge in [-0.15, -0.1) is 12.4 Å². The molecule has 2 heterocycles. The van der Waals surface area contributed by atoms with Gasteiger partial charge >= 0.3 is 6.18 Å². The van der Waals surface area contributed by atoms with E-state index < -0.39 is 17.9 Å². The Labute approximate surface area is 196 Å². The quantitative estimate of drug-likeness (QED) is 0.348. The van der Waals surface area contributed by atoms with Crippen LogP contribution in [0.2, 0.25) is 10.0 Å². The fraction of sp³-hybridized carbons (Fsp3) is 0.0952. The fourth-order valence-corrected chi connectivity index (χ4v) is 3.75. The lowest BCUT2D eigenvalue weighted by molar-refractivity contribution is -0.146. The molecule has 5 nitrogen and oxygen atoms in total. The summed E-state index contributed by atoms with van der Waals surface area (Å²) >= 11 is 12.1. The number of para-hydroxylation sites is 1. The zero-order chi connectivity index (χ0) is 22.2. The molecule has 0 bridgehead atoms. The van der Waals surface area contributed by atoms with E-state index in [2.05, 4.69) is 15.3 Å². The smallest absolute Gasteiger partial charge is 0.320 e. The number of hydrogen-bond acceptors (Lipinski definition) is 3. The third-order valence-electron chi connectivity index (χ3n) is 4.52. The van der Waals surface area contributed by atoms with Gasteiger partial charge < -0.3 is 9.88 Å². The van der Waals surface area contributed by atoms with E-state index in [0.717, 1.165) is 4.57 Å². The number of fused-ring (bicyclic) bond motifs is 1. The number of carbonyl (C=O) groups excluding carboxylic acids is 1. The van der Waals surface area contributed by atoms with Gasteiger partial charge in [-0.1, -0.05) is 41.4 Å². The highest BCUT2D eigenvalue weighted by atomic mass is 35.5. The van der Waals surface area contributed by atoms with Crippen LogP contribution in [-0.2, 0) is 12.7 Å². The molecule has 2 aromatic carbocycles. The molecule has 0 saturated heterocycles. The molecule has 0 radical (unpaired) electrons. The first-order valence-corrected chi connectivity index (χ1v) is 9.73. The first-order chi connectivity index (χ1) is 14.8. The van der Waals surface area contributed by atoms with Crippen molar-refractivity contribution in [3.63, 3.8) is 0 Å². The van der Waals surface area contributed by atoms with Crippen LogP contribution >= 0.6 is 35.6 Å². The van der Waals surface area contributed by atoms with Crippen molar-refractivity contribution < 1.29 is 18.0 Å². The van der Waals surface area contributed by atoms with Crippen LogP contribution in [-0.4, -0.2) is 20.4 Å². The van der Waals surface area contributed by atoms with Gasteiger partial charge in [-0.25, -0.2) is 4.98 Å². The summed E-state index contributed by atoms with van der Waals surface area (Å²) in [4.78, 5) is 20.6. The second-order valence-electron chi connectivity index (χ2n) is 6.56. The summed E-state index contributed by atoms with van der Waals surface area (Å²) in [5.41, 5.74) is 0.739. The van der Waals surface area contributed by atoms with Gasteiger partial charge in [-0.05, 0) is 36.4 Å². The summed E-state index contributed by atoms with van der Waals surface area (Å²) < 4.78 is 42.2. The highest BCUT2D eigenvalue weighted by Crippen LogP contribution is 2.35. The number of hydrogen-bond donors (Lipinski definition) is 1. The van der Waals surface area contributed by atoms with E-state index in [0.29, 0.717) is 5.69 Å². The molecule has 11 heteroatoms. The van der Waals surface area contributed by atoms with Crippen LogP contribution < -0.4 is 5.32 Å². The Kier molecular flexibility index (Phi) is 6.97. The van der Waals surface area contributed by atoms with Crippen LogP contribution in [0.1, 0.15) is 21.9 Å². The van der Waals surface area contributed by atoms with Gasteiger partial charge in [-0.3, -0.25) is 9.78 Å². The summed E-state index contributed by atoms with van der Waals surface area (Å²) in [7, 11) is 0. The molecule has 2 aromatic heterocycles. The molecule has 4 aromatic rings. The molecule has 0 aliphatic heterocycles. The maximum atomic E-state index is 13.7. The number of alkyl halides is 3. The maximum Gasteiger partial charge on any atom is 0.449 e. The molecule has 0 aliphatic rings. The molecule has 0 atom stereocenters. The third kappa shape index (κ3) is 4.67. The van der Waals surface area contributed by atoms with Crippen LogP contribution in [0, 0.1) is 0 Å². The Morgan fingerprint density at radius 1 is 1.00 bits per heavy atom. The predicted octanol–water partition coefficient (Wildman–Crippen LogP) is 6.48. The number of benzene rings is 2. The average molecular weight is 502 g/mol. The van der Waals surface area contributed by atoms with E-state index in [1.54, 1.807) is 24.3 Å². The molecular weight excluding hydrogens is 488 g/mol. The molecule has 0 aliphatic carbocycles. The van der Waals surface area contributed by atoms with Crippen LogP contribution in [0.3, 0.4) is 0 Å². The fourth-order valence-electron chi connectivity index (χ4n) is 3.18. The number of imidazole rings is 1. The Morgan fingerprint density at radius 2 is 1.69 bits per heavy atom. The number of pyridine rings is 1. The monoisotopic (exact) mass is 500 g/mol. The van der Waals surface area contributed by atoms with Crippen molar-refractivity contribution in [1.82, 2.24) is 14.5 Å². The van der Waals surface area contributed by atoms with Crippen LogP contribution in [0.15, 0.2) is 60.8 Å². The van der Waals surface area contributed by atoms with Crippen molar-refractivity contribution in [2.45, 2.75) is 12.7 Å². The number of nitrogens with one attached hydrogen (secondary N) is 1. The zero-order valence-electron chi connectivity index (χ0n) is 16.0. The number of aromatic nitrogens is 3. The van der Waals surface area contributed by atoms with Crippen molar-refractivity contribution in [1.29, 1.82) is 0 Å². The standard InChI is InChI=1S/C21H13Cl2F3N4O.ClH/c22-13-6-3-7-14(23)17(13)19(31)28-15-8-4-9-16-18(15)29-20(21(24,25)26)30(16)11-12-5-1-2-10-27-12;/h1-10H,11H2,(H,28,31);1H. The number of carbonyl (C=O) groups is 1. The van der Waals surface area contributed by atoms with E-state index in [1.807, 2.05) is 0 Å². The molecule has 0 unspecified atom stereocenters. The minimum absolute atomic E-state index is 0. The van der Waals surface area contributed by atoms with Gasteiger partial charge in [0.25, 0.3) is 5.91 Å². The Hall–Kier alpha value is -2.81. The molecule has 1 amide bonds.